The molecule has 2 fully saturated rings. The van der Waals surface area contributed by atoms with Gasteiger partial charge in [-0.15, -0.1) is 0 Å². The maximum absolute atomic E-state index is 12.6. The van der Waals surface area contributed by atoms with Gasteiger partial charge >= 0.3 is 0 Å². The smallest absolute Gasteiger partial charge is 0.240 e. The molecule has 2 rings (SSSR count). The second kappa shape index (κ2) is 8.12. The summed E-state index contributed by atoms with van der Waals surface area (Å²) in [5.74, 6) is 2.80. The molecule has 0 aromatic carbocycles. The number of piperazine rings is 1. The molecule has 1 N–H and O–H groups in total. The summed E-state index contributed by atoms with van der Waals surface area (Å²) in [6, 6.07) is 0.171. The molecule has 0 spiro atoms. The molecule has 19 heavy (non-hydrogen) atoms. The zero-order valence-corrected chi connectivity index (χ0v) is 12.9. The average Bonchev–Trinajstić information content (AvgIpc) is 2.92. The molecule has 5 heteroatoms. The first-order valence-electron chi connectivity index (χ1n) is 7.64. The van der Waals surface area contributed by atoms with E-state index in [4.69, 9.17) is 0 Å². The van der Waals surface area contributed by atoms with Crippen molar-refractivity contribution in [3.63, 3.8) is 0 Å². The quantitative estimate of drug-likeness (QED) is 0.739. The van der Waals surface area contributed by atoms with E-state index in [1.807, 2.05) is 11.8 Å². The molecule has 1 unspecified atom stereocenters. The minimum Gasteiger partial charge on any atom is -0.339 e. The van der Waals surface area contributed by atoms with E-state index in [2.05, 4.69) is 22.0 Å². The molecule has 0 bridgehead atoms. The zero-order valence-electron chi connectivity index (χ0n) is 12.1. The summed E-state index contributed by atoms with van der Waals surface area (Å²) in [6.07, 6.45) is 3.46. The summed E-state index contributed by atoms with van der Waals surface area (Å²) in [7, 11) is 0. The Morgan fingerprint density at radius 1 is 1.32 bits per heavy atom. The Bertz CT molecular complexity index is 282. The van der Waals surface area contributed by atoms with Gasteiger partial charge in [0.05, 0.1) is 6.04 Å². The van der Waals surface area contributed by atoms with Crippen molar-refractivity contribution in [3.8, 4) is 0 Å². The second-order valence-electron chi connectivity index (χ2n) is 5.32. The Balaban J connectivity index is 1.78. The largest absolute Gasteiger partial charge is 0.339 e. The highest BCUT2D eigenvalue weighted by Crippen LogP contribution is 2.20. The van der Waals surface area contributed by atoms with Gasteiger partial charge in [-0.1, -0.05) is 6.92 Å². The lowest BCUT2D eigenvalue weighted by atomic mass is 10.1. The maximum atomic E-state index is 12.6. The number of carbonyl (C=O) groups is 1. The summed E-state index contributed by atoms with van der Waals surface area (Å²) >= 11 is 2.00. The normalized spacial score (nSPS) is 24.9. The lowest BCUT2D eigenvalue weighted by Gasteiger charge is -2.33. The van der Waals surface area contributed by atoms with Crippen molar-refractivity contribution in [3.05, 3.63) is 0 Å². The average molecular weight is 285 g/mol. The van der Waals surface area contributed by atoms with Gasteiger partial charge in [0.2, 0.25) is 5.91 Å². The van der Waals surface area contributed by atoms with Gasteiger partial charge in [0.15, 0.2) is 0 Å². The summed E-state index contributed by atoms with van der Waals surface area (Å²) in [4.78, 5) is 17.0. The van der Waals surface area contributed by atoms with Crippen LogP contribution in [0.1, 0.15) is 26.2 Å². The second-order valence-corrected chi connectivity index (χ2v) is 6.71. The van der Waals surface area contributed by atoms with Crippen LogP contribution in [0.15, 0.2) is 0 Å². The van der Waals surface area contributed by atoms with Crippen LogP contribution in [0.2, 0.25) is 0 Å². The van der Waals surface area contributed by atoms with Crippen molar-refractivity contribution in [1.29, 1.82) is 0 Å². The van der Waals surface area contributed by atoms with E-state index >= 15 is 0 Å². The van der Waals surface area contributed by atoms with Crippen LogP contribution in [-0.2, 0) is 4.79 Å². The molecule has 0 saturated carbocycles. The van der Waals surface area contributed by atoms with Gasteiger partial charge in [0, 0.05) is 26.2 Å². The molecule has 2 saturated heterocycles. The predicted octanol–water partition coefficient (Wildman–Crippen LogP) is 1.03. The van der Waals surface area contributed by atoms with Crippen molar-refractivity contribution in [2.75, 3.05) is 50.8 Å². The van der Waals surface area contributed by atoms with Crippen LogP contribution in [-0.4, -0.2) is 72.5 Å². The Morgan fingerprint density at radius 2 is 2.11 bits per heavy atom. The van der Waals surface area contributed by atoms with E-state index in [0.29, 0.717) is 5.91 Å². The van der Waals surface area contributed by atoms with E-state index in [1.54, 1.807) is 0 Å². The van der Waals surface area contributed by atoms with Crippen molar-refractivity contribution in [1.82, 2.24) is 15.1 Å². The lowest BCUT2D eigenvalue weighted by molar-refractivity contribution is -0.136. The van der Waals surface area contributed by atoms with Crippen molar-refractivity contribution < 1.29 is 4.79 Å². The number of rotatable bonds is 6. The van der Waals surface area contributed by atoms with Crippen molar-refractivity contribution >= 4 is 17.7 Å². The van der Waals surface area contributed by atoms with Crippen molar-refractivity contribution in [2.24, 2.45) is 0 Å². The molecule has 1 amide bonds. The van der Waals surface area contributed by atoms with Crippen LogP contribution in [0.5, 0.6) is 0 Å². The van der Waals surface area contributed by atoms with Gasteiger partial charge in [0.25, 0.3) is 0 Å². The zero-order chi connectivity index (χ0) is 13.5. The van der Waals surface area contributed by atoms with E-state index in [-0.39, 0.29) is 6.04 Å². The standard InChI is InChI=1S/C14H27N3OS/c1-2-19-12-4-9-16-8-3-5-13(16)14(18)17-10-6-15-7-11-17/h13,15H,2-12H2,1H3. The first-order chi connectivity index (χ1) is 9.33. The summed E-state index contributed by atoms with van der Waals surface area (Å²) < 4.78 is 0. The fourth-order valence-corrected chi connectivity index (χ4v) is 3.61. The molecule has 0 aromatic rings. The number of hydrogen-bond donors (Lipinski definition) is 1. The molecule has 0 radical (unpaired) electrons. The number of nitrogens with one attached hydrogen (secondary N) is 1. The third-order valence-electron chi connectivity index (χ3n) is 4.02. The number of carbonyl (C=O) groups excluding carboxylic acids is 1. The number of nitrogens with zero attached hydrogens (tertiary/aromatic N) is 2. The van der Waals surface area contributed by atoms with Gasteiger partial charge in [-0.05, 0) is 43.9 Å². The molecular weight excluding hydrogens is 258 g/mol. The van der Waals surface area contributed by atoms with Crippen molar-refractivity contribution in [2.45, 2.75) is 32.2 Å². The van der Waals surface area contributed by atoms with E-state index < -0.39 is 0 Å². The van der Waals surface area contributed by atoms with Crippen LogP contribution in [0.3, 0.4) is 0 Å². The monoisotopic (exact) mass is 285 g/mol. The first kappa shape index (κ1) is 15.1. The summed E-state index contributed by atoms with van der Waals surface area (Å²) in [5.41, 5.74) is 0. The number of amides is 1. The van der Waals surface area contributed by atoms with Crippen LogP contribution < -0.4 is 5.32 Å². The molecule has 2 aliphatic heterocycles. The van der Waals surface area contributed by atoms with Crippen LogP contribution >= 0.6 is 11.8 Å². The molecule has 2 heterocycles. The molecule has 0 aliphatic carbocycles. The maximum Gasteiger partial charge on any atom is 0.240 e. The third-order valence-corrected chi connectivity index (χ3v) is 5.00. The number of hydrogen-bond acceptors (Lipinski definition) is 4. The molecule has 2 aliphatic rings. The first-order valence-corrected chi connectivity index (χ1v) is 8.79. The van der Waals surface area contributed by atoms with Crippen LogP contribution in [0.25, 0.3) is 0 Å². The highest BCUT2D eigenvalue weighted by Gasteiger charge is 2.33. The SMILES string of the molecule is CCSCCCN1CCCC1C(=O)N1CCNCC1. The van der Waals surface area contributed by atoms with Gasteiger partial charge in [0.1, 0.15) is 0 Å². The topological polar surface area (TPSA) is 35.6 Å². The van der Waals surface area contributed by atoms with E-state index in [0.717, 1.165) is 45.7 Å². The van der Waals surface area contributed by atoms with Gasteiger partial charge < -0.3 is 10.2 Å². The highest BCUT2D eigenvalue weighted by molar-refractivity contribution is 7.99. The predicted molar refractivity (Wildman–Crippen MR) is 81.7 cm³/mol. The molecule has 110 valence electrons. The lowest BCUT2D eigenvalue weighted by Crippen LogP contribution is -2.52. The fraction of sp³-hybridized carbons (Fsp3) is 0.929. The summed E-state index contributed by atoms with van der Waals surface area (Å²) in [5, 5.41) is 3.31. The molecular formula is C14H27N3OS. The minimum absolute atomic E-state index is 0.171. The third kappa shape index (κ3) is 4.36. The van der Waals surface area contributed by atoms with Crippen LogP contribution in [0.4, 0.5) is 0 Å². The minimum atomic E-state index is 0.171. The van der Waals surface area contributed by atoms with Gasteiger partial charge in [-0.25, -0.2) is 0 Å². The van der Waals surface area contributed by atoms with E-state index in [1.165, 1.54) is 24.3 Å². The molecule has 0 aromatic heterocycles. The van der Waals surface area contributed by atoms with E-state index in [9.17, 15) is 4.79 Å². The van der Waals surface area contributed by atoms with Gasteiger partial charge in [-0.3, -0.25) is 9.69 Å². The Kier molecular flexibility index (Phi) is 6.47. The van der Waals surface area contributed by atoms with Gasteiger partial charge in [-0.2, -0.15) is 11.8 Å². The number of likely N-dealkylation sites (tertiary alicyclic amines) is 1. The Labute approximate surface area is 121 Å². The Hall–Kier alpha value is -0.260. The Morgan fingerprint density at radius 3 is 2.84 bits per heavy atom. The van der Waals surface area contributed by atoms with Crippen LogP contribution in [0, 0.1) is 0 Å². The highest BCUT2D eigenvalue weighted by atomic mass is 32.2. The molecule has 1 atom stereocenters. The molecule has 4 nitrogen and oxygen atoms in total. The summed E-state index contributed by atoms with van der Waals surface area (Å²) in [6.45, 7) is 8.08. The fourth-order valence-electron chi connectivity index (χ4n) is 2.98. The number of thioether (sulfide) groups is 1.